The first-order valence-electron chi connectivity index (χ1n) is 8.55. The van der Waals surface area contributed by atoms with Crippen LogP contribution < -0.4 is 0 Å². The van der Waals surface area contributed by atoms with E-state index < -0.39 is 11.6 Å². The lowest BCUT2D eigenvalue weighted by Gasteiger charge is -2.40. The van der Waals surface area contributed by atoms with Crippen LogP contribution in [0.2, 0.25) is 0 Å². The average molecular weight is 339 g/mol. The molecular formula is C18H23F2NO3. The molecule has 4 nitrogen and oxygen atoms in total. The van der Waals surface area contributed by atoms with Crippen LogP contribution in [-0.2, 0) is 16.0 Å². The van der Waals surface area contributed by atoms with Crippen LogP contribution in [0.5, 0.6) is 0 Å². The molecule has 6 heteroatoms. The number of hydrogen-bond acceptors (Lipinski definition) is 3. The summed E-state index contributed by atoms with van der Waals surface area (Å²) in [7, 11) is 0. The second kappa shape index (κ2) is 7.57. The number of aliphatic hydroxyl groups is 1. The molecule has 1 saturated heterocycles. The van der Waals surface area contributed by atoms with Gasteiger partial charge in [-0.1, -0.05) is 12.5 Å². The third-order valence-electron chi connectivity index (χ3n) is 5.13. The van der Waals surface area contributed by atoms with E-state index >= 15 is 0 Å². The minimum Gasteiger partial charge on any atom is -0.393 e. The Morgan fingerprint density at radius 3 is 2.88 bits per heavy atom. The van der Waals surface area contributed by atoms with E-state index in [9.17, 15) is 18.7 Å². The molecule has 2 fully saturated rings. The van der Waals surface area contributed by atoms with Crippen LogP contribution in [0.25, 0.3) is 0 Å². The molecule has 0 aromatic heterocycles. The summed E-state index contributed by atoms with van der Waals surface area (Å²) in [6.45, 7) is 1.42. The number of rotatable bonds is 4. The van der Waals surface area contributed by atoms with Crippen molar-refractivity contribution in [2.24, 2.45) is 5.92 Å². The molecule has 0 bridgehead atoms. The molecule has 1 aromatic rings. The molecule has 132 valence electrons. The lowest BCUT2D eigenvalue weighted by molar-refractivity contribution is -0.143. The monoisotopic (exact) mass is 339 g/mol. The van der Waals surface area contributed by atoms with Crippen molar-refractivity contribution in [3.63, 3.8) is 0 Å². The molecule has 1 N–H and O–H groups in total. The maximum atomic E-state index is 13.7. The maximum absolute atomic E-state index is 13.7. The lowest BCUT2D eigenvalue weighted by Crippen LogP contribution is -2.53. The summed E-state index contributed by atoms with van der Waals surface area (Å²) in [6.07, 6.45) is 2.65. The van der Waals surface area contributed by atoms with Crippen LogP contribution in [0.3, 0.4) is 0 Å². The summed E-state index contributed by atoms with van der Waals surface area (Å²) in [5.41, 5.74) is 0.343. The van der Waals surface area contributed by atoms with Gasteiger partial charge in [-0.2, -0.15) is 0 Å². The average Bonchev–Trinajstić information content (AvgIpc) is 2.99. The van der Waals surface area contributed by atoms with Gasteiger partial charge in [0.05, 0.1) is 25.4 Å². The minimum atomic E-state index is -0.619. The van der Waals surface area contributed by atoms with Crippen molar-refractivity contribution in [1.82, 2.24) is 4.90 Å². The number of carbonyl (C=O) groups excluding carboxylic acids is 1. The number of hydrogen-bond donors (Lipinski definition) is 1. The summed E-state index contributed by atoms with van der Waals surface area (Å²) >= 11 is 0. The van der Waals surface area contributed by atoms with Crippen molar-refractivity contribution in [2.75, 3.05) is 19.8 Å². The fraction of sp³-hybridized carbons (Fsp3) is 0.611. The molecule has 2 aliphatic rings. The molecule has 1 saturated carbocycles. The van der Waals surface area contributed by atoms with Gasteiger partial charge in [0.2, 0.25) is 5.91 Å². The van der Waals surface area contributed by atoms with E-state index in [4.69, 9.17) is 4.74 Å². The number of ether oxygens (including phenoxy) is 1. The van der Waals surface area contributed by atoms with Crippen molar-refractivity contribution in [3.05, 3.63) is 35.4 Å². The van der Waals surface area contributed by atoms with Crippen molar-refractivity contribution in [1.29, 1.82) is 0 Å². The Morgan fingerprint density at radius 2 is 2.17 bits per heavy atom. The van der Waals surface area contributed by atoms with E-state index in [0.717, 1.165) is 25.3 Å². The van der Waals surface area contributed by atoms with Gasteiger partial charge in [-0.05, 0) is 30.9 Å². The Labute approximate surface area is 140 Å². The van der Waals surface area contributed by atoms with Crippen molar-refractivity contribution < 1.29 is 23.4 Å². The Balaban J connectivity index is 1.63. The number of amides is 1. The number of morpholine rings is 1. The van der Waals surface area contributed by atoms with Gasteiger partial charge in [0.25, 0.3) is 0 Å². The Bertz CT molecular complexity index is 596. The van der Waals surface area contributed by atoms with E-state index in [1.54, 1.807) is 4.90 Å². The summed E-state index contributed by atoms with van der Waals surface area (Å²) < 4.78 is 32.2. The van der Waals surface area contributed by atoms with Gasteiger partial charge in [0.1, 0.15) is 11.6 Å². The number of benzene rings is 1. The van der Waals surface area contributed by atoms with Gasteiger partial charge >= 0.3 is 0 Å². The predicted octanol–water partition coefficient (Wildman–Crippen LogP) is 2.29. The first-order chi connectivity index (χ1) is 11.6. The van der Waals surface area contributed by atoms with Gasteiger partial charge in [-0.15, -0.1) is 0 Å². The van der Waals surface area contributed by atoms with E-state index in [-0.39, 0.29) is 36.8 Å². The smallest absolute Gasteiger partial charge is 0.223 e. The fourth-order valence-electron chi connectivity index (χ4n) is 3.81. The van der Waals surface area contributed by atoms with Crippen molar-refractivity contribution >= 4 is 5.91 Å². The number of aryl methyl sites for hydroxylation is 1. The highest BCUT2D eigenvalue weighted by Gasteiger charge is 2.39. The third-order valence-corrected chi connectivity index (χ3v) is 5.13. The van der Waals surface area contributed by atoms with E-state index in [1.807, 2.05) is 0 Å². The second-order valence-corrected chi connectivity index (χ2v) is 6.63. The molecule has 24 heavy (non-hydrogen) atoms. The molecule has 0 radical (unpaired) electrons. The summed E-state index contributed by atoms with van der Waals surface area (Å²) in [4.78, 5) is 14.4. The molecule has 3 rings (SSSR count). The SMILES string of the molecule is O=C(CCc1ccc(F)cc1F)N1CCOC[C@@H]1[C@@H]1CCC[C@@H]1O. The van der Waals surface area contributed by atoms with Gasteiger partial charge in [-0.25, -0.2) is 8.78 Å². The first kappa shape index (κ1) is 17.3. The lowest BCUT2D eigenvalue weighted by atomic mass is 9.93. The van der Waals surface area contributed by atoms with Crippen LogP contribution in [0, 0.1) is 17.6 Å². The predicted molar refractivity (Wildman–Crippen MR) is 84.3 cm³/mol. The number of halogens is 2. The Morgan fingerprint density at radius 1 is 1.33 bits per heavy atom. The minimum absolute atomic E-state index is 0.0526. The molecular weight excluding hydrogens is 316 g/mol. The van der Waals surface area contributed by atoms with Crippen molar-refractivity contribution in [2.45, 2.75) is 44.2 Å². The number of carbonyl (C=O) groups is 1. The zero-order chi connectivity index (χ0) is 17.1. The summed E-state index contributed by atoms with van der Waals surface area (Å²) in [5.74, 6) is -1.25. The maximum Gasteiger partial charge on any atom is 0.223 e. The highest BCUT2D eigenvalue weighted by Crippen LogP contribution is 2.32. The van der Waals surface area contributed by atoms with E-state index in [1.165, 1.54) is 12.1 Å². The molecule has 3 atom stereocenters. The highest BCUT2D eigenvalue weighted by atomic mass is 19.1. The molecule has 1 amide bonds. The van der Waals surface area contributed by atoms with Crippen molar-refractivity contribution in [3.8, 4) is 0 Å². The van der Waals surface area contributed by atoms with Gasteiger partial charge in [-0.3, -0.25) is 4.79 Å². The normalized spacial score (nSPS) is 27.5. The fourth-order valence-corrected chi connectivity index (χ4v) is 3.81. The van der Waals surface area contributed by atoms with Crippen LogP contribution in [0.1, 0.15) is 31.2 Å². The molecule has 1 aliphatic carbocycles. The topological polar surface area (TPSA) is 49.8 Å². The largest absolute Gasteiger partial charge is 0.393 e. The van der Waals surface area contributed by atoms with Crippen LogP contribution in [0.15, 0.2) is 18.2 Å². The first-order valence-corrected chi connectivity index (χ1v) is 8.55. The standard InChI is InChI=1S/C18H23F2NO3/c19-13-6-4-12(15(20)10-13)5-7-18(23)21-8-9-24-11-16(21)14-2-1-3-17(14)22/h4,6,10,14,16-17,22H,1-3,5,7-9,11H2/t14-,16+,17-/m0/s1. The Hall–Kier alpha value is -1.53. The van der Waals surface area contributed by atoms with Gasteiger partial charge in [0, 0.05) is 24.9 Å². The second-order valence-electron chi connectivity index (χ2n) is 6.63. The summed E-state index contributed by atoms with van der Waals surface area (Å²) in [5, 5.41) is 10.1. The van der Waals surface area contributed by atoms with E-state index in [2.05, 4.69) is 0 Å². The van der Waals surface area contributed by atoms with Crippen LogP contribution >= 0.6 is 0 Å². The van der Waals surface area contributed by atoms with Crippen LogP contribution in [0.4, 0.5) is 8.78 Å². The summed E-state index contributed by atoms with van der Waals surface area (Å²) in [6, 6.07) is 3.32. The third kappa shape index (κ3) is 3.75. The quantitative estimate of drug-likeness (QED) is 0.916. The van der Waals surface area contributed by atoms with Gasteiger partial charge < -0.3 is 14.7 Å². The highest BCUT2D eigenvalue weighted by molar-refractivity contribution is 5.77. The van der Waals surface area contributed by atoms with E-state index in [0.29, 0.717) is 25.3 Å². The molecule has 0 spiro atoms. The number of nitrogens with zero attached hydrogens (tertiary/aromatic N) is 1. The molecule has 1 aliphatic heterocycles. The van der Waals surface area contributed by atoms with Crippen LogP contribution in [-0.4, -0.2) is 47.8 Å². The molecule has 1 aromatic carbocycles. The molecule has 1 heterocycles. The van der Waals surface area contributed by atoms with Gasteiger partial charge in [0.15, 0.2) is 0 Å². The zero-order valence-corrected chi connectivity index (χ0v) is 13.6. The molecule has 0 unspecified atom stereocenters. The Kier molecular flexibility index (Phi) is 5.46. The zero-order valence-electron chi connectivity index (χ0n) is 13.6. The number of aliphatic hydroxyl groups excluding tert-OH is 1.